The van der Waals surface area contributed by atoms with Crippen LogP contribution in [0.2, 0.25) is 10.0 Å². The SMILES string of the molecule is CC(C)[C@H](NC(=O)Cc1csc(-c2c(Cl)cccc2Cl)n1)C(=O)O. The number of carboxylic acids is 1. The minimum absolute atomic E-state index is 0.00489. The minimum Gasteiger partial charge on any atom is -0.480 e. The second kappa shape index (κ2) is 7.96. The van der Waals surface area contributed by atoms with Gasteiger partial charge in [-0.15, -0.1) is 11.3 Å². The third kappa shape index (κ3) is 4.47. The van der Waals surface area contributed by atoms with E-state index in [4.69, 9.17) is 28.3 Å². The molecule has 0 spiro atoms. The van der Waals surface area contributed by atoms with Crippen LogP contribution in [0.3, 0.4) is 0 Å². The summed E-state index contributed by atoms with van der Waals surface area (Å²) in [5.41, 5.74) is 1.17. The van der Waals surface area contributed by atoms with Crippen LogP contribution in [-0.2, 0) is 16.0 Å². The first-order chi connectivity index (χ1) is 11.3. The fourth-order valence-electron chi connectivity index (χ4n) is 2.11. The van der Waals surface area contributed by atoms with Gasteiger partial charge < -0.3 is 10.4 Å². The molecule has 0 aliphatic heterocycles. The Morgan fingerprint density at radius 2 is 1.92 bits per heavy atom. The maximum absolute atomic E-state index is 12.0. The minimum atomic E-state index is -1.06. The van der Waals surface area contributed by atoms with Crippen molar-refractivity contribution in [1.29, 1.82) is 0 Å². The Bertz CT molecular complexity index is 741. The first kappa shape index (κ1) is 18.7. The van der Waals surface area contributed by atoms with Gasteiger partial charge in [0, 0.05) is 10.9 Å². The van der Waals surface area contributed by atoms with Gasteiger partial charge in [0.05, 0.1) is 22.2 Å². The van der Waals surface area contributed by atoms with E-state index in [1.54, 1.807) is 37.4 Å². The number of aliphatic carboxylic acids is 1. The summed E-state index contributed by atoms with van der Waals surface area (Å²) >= 11 is 13.6. The molecule has 0 aliphatic carbocycles. The summed E-state index contributed by atoms with van der Waals surface area (Å²) in [4.78, 5) is 27.6. The fourth-order valence-corrected chi connectivity index (χ4v) is 3.69. The Kier molecular flexibility index (Phi) is 6.21. The van der Waals surface area contributed by atoms with E-state index in [0.717, 1.165) is 0 Å². The van der Waals surface area contributed by atoms with Crippen molar-refractivity contribution in [2.75, 3.05) is 0 Å². The van der Waals surface area contributed by atoms with Gasteiger partial charge in [-0.25, -0.2) is 9.78 Å². The molecular formula is C16H16Cl2N2O3S. The van der Waals surface area contributed by atoms with E-state index >= 15 is 0 Å². The number of thiazole rings is 1. The quantitative estimate of drug-likeness (QED) is 0.788. The molecule has 2 N–H and O–H groups in total. The summed E-state index contributed by atoms with van der Waals surface area (Å²) in [5, 5.41) is 14.9. The smallest absolute Gasteiger partial charge is 0.326 e. The van der Waals surface area contributed by atoms with Gasteiger partial charge in [0.25, 0.3) is 0 Å². The van der Waals surface area contributed by atoms with Crippen LogP contribution in [0.25, 0.3) is 10.6 Å². The van der Waals surface area contributed by atoms with Crippen LogP contribution in [0.5, 0.6) is 0 Å². The molecule has 0 saturated heterocycles. The lowest BCUT2D eigenvalue weighted by atomic mass is 10.0. The molecule has 8 heteroatoms. The number of hydrogen-bond donors (Lipinski definition) is 2. The van der Waals surface area contributed by atoms with Gasteiger partial charge >= 0.3 is 5.97 Å². The number of carbonyl (C=O) groups excluding carboxylic acids is 1. The topological polar surface area (TPSA) is 79.3 Å². The Hall–Kier alpha value is -1.63. The van der Waals surface area contributed by atoms with Crippen LogP contribution in [0.1, 0.15) is 19.5 Å². The van der Waals surface area contributed by atoms with Gasteiger partial charge in [-0.3, -0.25) is 4.79 Å². The van der Waals surface area contributed by atoms with Crippen molar-refractivity contribution in [2.45, 2.75) is 26.3 Å². The fraction of sp³-hybridized carbons (Fsp3) is 0.312. The molecule has 2 rings (SSSR count). The number of benzene rings is 1. The van der Waals surface area contributed by atoms with Crippen molar-refractivity contribution < 1.29 is 14.7 Å². The Balaban J connectivity index is 2.12. The molecule has 24 heavy (non-hydrogen) atoms. The molecule has 1 aromatic heterocycles. The highest BCUT2D eigenvalue weighted by atomic mass is 35.5. The van der Waals surface area contributed by atoms with E-state index < -0.39 is 17.9 Å². The van der Waals surface area contributed by atoms with E-state index in [1.165, 1.54) is 11.3 Å². The molecule has 0 unspecified atom stereocenters. The number of rotatable bonds is 6. The van der Waals surface area contributed by atoms with Gasteiger partial charge in [0.15, 0.2) is 0 Å². The van der Waals surface area contributed by atoms with Gasteiger partial charge in [-0.2, -0.15) is 0 Å². The molecule has 0 bridgehead atoms. The van der Waals surface area contributed by atoms with E-state index in [-0.39, 0.29) is 12.3 Å². The molecule has 0 saturated carbocycles. The van der Waals surface area contributed by atoms with Gasteiger partial charge in [-0.1, -0.05) is 43.1 Å². The van der Waals surface area contributed by atoms with Crippen LogP contribution in [0.15, 0.2) is 23.6 Å². The number of halogens is 2. The van der Waals surface area contributed by atoms with E-state index in [1.807, 2.05) is 0 Å². The number of aromatic nitrogens is 1. The third-order valence-corrected chi connectivity index (χ3v) is 4.86. The largest absolute Gasteiger partial charge is 0.480 e. The highest BCUT2D eigenvalue weighted by Gasteiger charge is 2.24. The number of nitrogens with zero attached hydrogens (tertiary/aromatic N) is 1. The number of nitrogens with one attached hydrogen (secondary N) is 1. The lowest BCUT2D eigenvalue weighted by molar-refractivity contribution is -0.143. The molecule has 2 aromatic rings. The molecule has 128 valence electrons. The van der Waals surface area contributed by atoms with E-state index in [2.05, 4.69) is 10.3 Å². The lowest BCUT2D eigenvalue weighted by Gasteiger charge is -2.17. The summed E-state index contributed by atoms with van der Waals surface area (Å²) in [6.07, 6.45) is -0.00489. The van der Waals surface area contributed by atoms with Gasteiger partial charge in [0.2, 0.25) is 5.91 Å². The van der Waals surface area contributed by atoms with Crippen LogP contribution < -0.4 is 5.32 Å². The highest BCUT2D eigenvalue weighted by Crippen LogP contribution is 2.36. The van der Waals surface area contributed by atoms with Crippen LogP contribution in [-0.4, -0.2) is 28.0 Å². The molecule has 1 amide bonds. The normalized spacial score (nSPS) is 12.2. The van der Waals surface area contributed by atoms with Crippen molar-refractivity contribution in [1.82, 2.24) is 10.3 Å². The monoisotopic (exact) mass is 386 g/mol. The maximum Gasteiger partial charge on any atom is 0.326 e. The molecule has 1 atom stereocenters. The van der Waals surface area contributed by atoms with Crippen LogP contribution >= 0.6 is 34.5 Å². The van der Waals surface area contributed by atoms with Gasteiger partial charge in [-0.05, 0) is 18.1 Å². The van der Waals surface area contributed by atoms with Crippen molar-refractivity contribution in [2.24, 2.45) is 5.92 Å². The van der Waals surface area contributed by atoms with E-state index in [9.17, 15) is 9.59 Å². The van der Waals surface area contributed by atoms with Gasteiger partial charge in [0.1, 0.15) is 11.0 Å². The predicted octanol–water partition coefficient (Wildman–Crippen LogP) is 3.88. The van der Waals surface area contributed by atoms with Crippen molar-refractivity contribution in [3.05, 3.63) is 39.3 Å². The first-order valence-corrected chi connectivity index (χ1v) is 8.84. The Morgan fingerprint density at radius 1 is 1.29 bits per heavy atom. The molecule has 0 aliphatic rings. The molecule has 5 nitrogen and oxygen atoms in total. The average molecular weight is 387 g/mol. The zero-order chi connectivity index (χ0) is 17.9. The van der Waals surface area contributed by atoms with Crippen LogP contribution in [0.4, 0.5) is 0 Å². The molecule has 0 radical (unpaired) electrons. The summed E-state index contributed by atoms with van der Waals surface area (Å²) in [6, 6.07) is 4.26. The van der Waals surface area contributed by atoms with Crippen molar-refractivity contribution >= 4 is 46.4 Å². The lowest BCUT2D eigenvalue weighted by Crippen LogP contribution is -2.44. The zero-order valence-electron chi connectivity index (χ0n) is 13.0. The van der Waals surface area contributed by atoms with Crippen molar-refractivity contribution in [3.63, 3.8) is 0 Å². The molecule has 1 aromatic carbocycles. The second-order valence-corrected chi connectivity index (χ2v) is 7.22. The molecule has 1 heterocycles. The van der Waals surface area contributed by atoms with Crippen LogP contribution in [0, 0.1) is 5.92 Å². The molecule has 0 fully saturated rings. The standard InChI is InChI=1S/C16H16Cl2N2O3S/c1-8(2)14(16(22)23)20-12(21)6-9-7-24-15(19-9)13-10(17)4-3-5-11(13)18/h3-5,7-8,14H,6H2,1-2H3,(H,20,21)(H,22,23)/t14-/m0/s1. The predicted molar refractivity (Wildman–Crippen MR) is 95.7 cm³/mol. The number of carboxylic acid groups (broad SMARTS) is 1. The first-order valence-electron chi connectivity index (χ1n) is 7.20. The summed E-state index contributed by atoms with van der Waals surface area (Å²) in [5.74, 6) is -1.65. The summed E-state index contributed by atoms with van der Waals surface area (Å²) in [6.45, 7) is 3.47. The second-order valence-electron chi connectivity index (χ2n) is 5.54. The maximum atomic E-state index is 12.0. The Morgan fingerprint density at radius 3 is 2.46 bits per heavy atom. The highest BCUT2D eigenvalue weighted by molar-refractivity contribution is 7.13. The number of hydrogen-bond acceptors (Lipinski definition) is 4. The summed E-state index contributed by atoms with van der Waals surface area (Å²) < 4.78 is 0. The number of amides is 1. The average Bonchev–Trinajstić information content (AvgIpc) is 2.92. The number of carbonyl (C=O) groups is 2. The Labute approximate surface area is 153 Å². The van der Waals surface area contributed by atoms with E-state index in [0.29, 0.717) is 26.3 Å². The summed E-state index contributed by atoms with van der Waals surface area (Å²) in [7, 11) is 0. The van der Waals surface area contributed by atoms with Crippen molar-refractivity contribution in [3.8, 4) is 10.6 Å². The third-order valence-electron chi connectivity index (χ3n) is 3.32. The molecular weight excluding hydrogens is 371 g/mol. The zero-order valence-corrected chi connectivity index (χ0v) is 15.4.